The number of hydrogen-bond acceptors (Lipinski definition) is 6. The third kappa shape index (κ3) is 7.60. The van der Waals surface area contributed by atoms with Crippen molar-refractivity contribution in [1.29, 1.82) is 0 Å². The van der Waals surface area contributed by atoms with Crippen molar-refractivity contribution in [3.63, 3.8) is 0 Å². The van der Waals surface area contributed by atoms with Crippen LogP contribution in [0.4, 0.5) is 11.4 Å². The first-order valence-electron chi connectivity index (χ1n) is 15.6. The molecule has 10 heteroatoms. The summed E-state index contributed by atoms with van der Waals surface area (Å²) >= 11 is 6.34. The van der Waals surface area contributed by atoms with Gasteiger partial charge in [0.25, 0.3) is 11.8 Å². The first kappa shape index (κ1) is 34.4. The molecule has 0 radical (unpaired) electrons. The lowest BCUT2D eigenvalue weighted by Gasteiger charge is -2.28. The summed E-state index contributed by atoms with van der Waals surface area (Å²) in [5.41, 5.74) is 1.82. The number of carbonyl (C=O) groups excluding carboxylic acids is 3. The number of anilines is 2. The molecule has 0 spiro atoms. The first-order chi connectivity index (χ1) is 23.1. The first-order valence-corrected chi connectivity index (χ1v) is 16.0. The van der Waals surface area contributed by atoms with Gasteiger partial charge in [-0.25, -0.2) is 0 Å². The van der Waals surface area contributed by atoms with E-state index in [-0.39, 0.29) is 37.9 Å². The van der Waals surface area contributed by atoms with Gasteiger partial charge < -0.3 is 30.1 Å². The summed E-state index contributed by atoms with van der Waals surface area (Å²) in [6.45, 7) is 2.29. The van der Waals surface area contributed by atoms with Crippen molar-refractivity contribution < 1.29 is 29.3 Å². The number of methoxy groups -OCH3 is 1. The van der Waals surface area contributed by atoms with E-state index in [1.807, 2.05) is 42.5 Å². The average molecular weight is 668 g/mol. The van der Waals surface area contributed by atoms with E-state index in [9.17, 15) is 24.6 Å². The number of aliphatic hydroxyl groups is 2. The molecule has 5 rings (SSSR count). The van der Waals surface area contributed by atoms with Crippen LogP contribution in [-0.4, -0.2) is 53.1 Å². The van der Waals surface area contributed by atoms with Crippen LogP contribution in [0.15, 0.2) is 109 Å². The van der Waals surface area contributed by atoms with E-state index in [2.05, 4.69) is 5.32 Å². The Morgan fingerprint density at radius 3 is 2.38 bits per heavy atom. The Bertz CT molecular complexity index is 1780. The molecule has 9 nitrogen and oxygen atoms in total. The van der Waals surface area contributed by atoms with Crippen LogP contribution in [0, 0.1) is 5.92 Å². The molecule has 0 fully saturated rings. The summed E-state index contributed by atoms with van der Waals surface area (Å²) in [5.74, 6) is -1.00. The number of amides is 3. The van der Waals surface area contributed by atoms with E-state index in [0.29, 0.717) is 39.8 Å². The highest BCUT2D eigenvalue weighted by atomic mass is 35.5. The Morgan fingerprint density at radius 2 is 1.71 bits per heavy atom. The van der Waals surface area contributed by atoms with Crippen molar-refractivity contribution in [2.75, 3.05) is 30.5 Å². The van der Waals surface area contributed by atoms with Gasteiger partial charge in [-0.1, -0.05) is 73.1 Å². The van der Waals surface area contributed by atoms with Gasteiger partial charge in [0, 0.05) is 47.3 Å². The fourth-order valence-corrected chi connectivity index (χ4v) is 5.93. The van der Waals surface area contributed by atoms with Crippen molar-refractivity contribution in [2.24, 2.45) is 5.92 Å². The zero-order valence-electron chi connectivity index (χ0n) is 26.8. The Labute approximate surface area is 285 Å². The van der Waals surface area contributed by atoms with Crippen LogP contribution in [-0.2, 0) is 28.3 Å². The minimum absolute atomic E-state index is 0.0366. The second-order valence-corrected chi connectivity index (χ2v) is 12.1. The maximum absolute atomic E-state index is 14.0. The topological polar surface area (TPSA) is 119 Å². The van der Waals surface area contributed by atoms with Crippen LogP contribution >= 0.6 is 11.6 Å². The smallest absolute Gasteiger partial charge is 0.264 e. The van der Waals surface area contributed by atoms with Crippen LogP contribution in [0.25, 0.3) is 0 Å². The Balaban J connectivity index is 1.28. The highest BCUT2D eigenvalue weighted by Gasteiger charge is 2.52. The number of halogens is 1. The summed E-state index contributed by atoms with van der Waals surface area (Å²) in [4.78, 5) is 42.8. The van der Waals surface area contributed by atoms with Gasteiger partial charge >= 0.3 is 0 Å². The van der Waals surface area contributed by atoms with Crippen LogP contribution < -0.4 is 15.0 Å². The molecular weight excluding hydrogens is 630 g/mol. The summed E-state index contributed by atoms with van der Waals surface area (Å²) in [7, 11) is 1.56. The molecule has 2 atom stereocenters. The summed E-state index contributed by atoms with van der Waals surface area (Å²) in [6.07, 6.45) is 3.36. The van der Waals surface area contributed by atoms with Crippen molar-refractivity contribution >= 4 is 40.7 Å². The summed E-state index contributed by atoms with van der Waals surface area (Å²) in [5, 5.41) is 24.8. The molecule has 1 heterocycles. The number of fused-ring (bicyclic) bond motifs is 1. The van der Waals surface area contributed by atoms with E-state index < -0.39 is 17.4 Å². The molecule has 0 unspecified atom stereocenters. The zero-order valence-corrected chi connectivity index (χ0v) is 27.6. The molecule has 0 aliphatic carbocycles. The number of benzene rings is 4. The van der Waals surface area contributed by atoms with Gasteiger partial charge in [0.1, 0.15) is 5.75 Å². The maximum Gasteiger partial charge on any atom is 0.264 e. The van der Waals surface area contributed by atoms with E-state index >= 15 is 0 Å². The number of rotatable bonds is 13. The summed E-state index contributed by atoms with van der Waals surface area (Å²) in [6, 6.07) is 28.4. The SMILES string of the molecule is COc1ccc(C(=O)Nc2ccc(CN3C(=O)[C@@](O)([C@@H](C)/C=C/CC(=O)N(CCO)Cc4ccccc4)c4cc(Cl)ccc43)cc2)cc1. The average Bonchev–Trinajstić information content (AvgIpc) is 3.31. The fraction of sp³-hybridized carbons (Fsp3) is 0.237. The number of nitrogens with one attached hydrogen (secondary N) is 1. The van der Waals surface area contributed by atoms with Gasteiger partial charge in [-0.05, 0) is 65.7 Å². The lowest BCUT2D eigenvalue weighted by Crippen LogP contribution is -2.44. The minimum atomic E-state index is -1.92. The van der Waals surface area contributed by atoms with Gasteiger partial charge in [-0.2, -0.15) is 0 Å². The van der Waals surface area contributed by atoms with Crippen LogP contribution in [0.1, 0.15) is 40.4 Å². The predicted octanol–water partition coefficient (Wildman–Crippen LogP) is 5.94. The molecule has 0 aromatic heterocycles. The van der Waals surface area contributed by atoms with E-state index in [0.717, 1.165) is 11.1 Å². The molecule has 1 aliphatic heterocycles. The van der Waals surface area contributed by atoms with Crippen molar-refractivity contribution in [3.8, 4) is 5.75 Å². The number of aliphatic hydroxyl groups excluding tert-OH is 1. The molecule has 248 valence electrons. The predicted molar refractivity (Wildman–Crippen MR) is 186 cm³/mol. The Morgan fingerprint density at radius 1 is 1.00 bits per heavy atom. The third-order valence-corrected chi connectivity index (χ3v) is 8.69. The number of nitrogens with zero attached hydrogens (tertiary/aromatic N) is 2. The molecule has 0 saturated heterocycles. The van der Waals surface area contributed by atoms with E-state index in [1.165, 1.54) is 4.90 Å². The Hall–Kier alpha value is -4.96. The van der Waals surface area contributed by atoms with Gasteiger partial charge in [-0.15, -0.1) is 0 Å². The monoisotopic (exact) mass is 667 g/mol. The lowest BCUT2D eigenvalue weighted by molar-refractivity contribution is -0.139. The number of hydrogen-bond donors (Lipinski definition) is 3. The summed E-state index contributed by atoms with van der Waals surface area (Å²) < 4.78 is 5.15. The van der Waals surface area contributed by atoms with Gasteiger partial charge in [0.2, 0.25) is 5.91 Å². The second-order valence-electron chi connectivity index (χ2n) is 11.6. The van der Waals surface area contributed by atoms with E-state index in [1.54, 1.807) is 85.7 Å². The van der Waals surface area contributed by atoms with E-state index in [4.69, 9.17) is 16.3 Å². The number of carbonyl (C=O) groups is 3. The fourth-order valence-electron chi connectivity index (χ4n) is 5.76. The highest BCUT2D eigenvalue weighted by Crippen LogP contribution is 2.46. The van der Waals surface area contributed by atoms with Crippen LogP contribution in [0.5, 0.6) is 5.75 Å². The number of ether oxygens (including phenoxy) is 1. The third-order valence-electron chi connectivity index (χ3n) is 8.45. The molecule has 3 amide bonds. The van der Waals surface area contributed by atoms with Crippen molar-refractivity contribution in [1.82, 2.24) is 4.90 Å². The molecule has 48 heavy (non-hydrogen) atoms. The second kappa shape index (κ2) is 15.3. The maximum atomic E-state index is 14.0. The van der Waals surface area contributed by atoms with Gasteiger partial charge in [-0.3, -0.25) is 14.4 Å². The molecule has 0 saturated carbocycles. The van der Waals surface area contributed by atoms with Gasteiger partial charge in [0.15, 0.2) is 5.60 Å². The molecular formula is C38H38ClN3O6. The molecule has 3 N–H and O–H groups in total. The van der Waals surface area contributed by atoms with Crippen molar-refractivity contribution in [3.05, 3.63) is 136 Å². The lowest BCUT2D eigenvalue weighted by atomic mass is 9.83. The minimum Gasteiger partial charge on any atom is -0.497 e. The van der Waals surface area contributed by atoms with Crippen LogP contribution in [0.3, 0.4) is 0 Å². The van der Waals surface area contributed by atoms with Crippen molar-refractivity contribution in [2.45, 2.75) is 32.0 Å². The zero-order chi connectivity index (χ0) is 34.3. The largest absolute Gasteiger partial charge is 0.497 e. The molecule has 0 bridgehead atoms. The standard InChI is InChI=1S/C38H38ClN3O6/c1-26(7-6-10-35(44)41(21-22-43)24-27-8-4-3-5-9-27)38(47)33-23-30(39)15-20-34(33)42(37(38)46)25-28-11-16-31(17-12-28)40-36(45)29-13-18-32(48-2)19-14-29/h3-9,11-20,23,26,43,47H,10,21-22,24-25H2,1-2H3,(H,40,45)/b7-6+/t26-,38+/m0/s1. The Kier molecular flexibility index (Phi) is 11.0. The molecule has 1 aliphatic rings. The quantitative estimate of drug-likeness (QED) is 0.152. The highest BCUT2D eigenvalue weighted by molar-refractivity contribution is 6.31. The molecule has 4 aromatic rings. The van der Waals surface area contributed by atoms with Crippen LogP contribution in [0.2, 0.25) is 5.02 Å². The molecule has 4 aromatic carbocycles. The van der Waals surface area contributed by atoms with Gasteiger partial charge in [0.05, 0.1) is 25.9 Å². The normalized spacial score (nSPS) is 16.1.